The fourth-order valence-electron chi connectivity index (χ4n) is 1.14. The van der Waals surface area contributed by atoms with Crippen molar-refractivity contribution in [2.45, 2.75) is 37.5 Å². The summed E-state index contributed by atoms with van der Waals surface area (Å²) in [7, 11) is 1.99. The SMILES string of the molecule is CN[C@@H](CCCCN)C(C)S. The van der Waals surface area contributed by atoms with E-state index in [9.17, 15) is 0 Å². The van der Waals surface area contributed by atoms with Gasteiger partial charge in [0.1, 0.15) is 0 Å². The Balaban J connectivity index is 3.36. The maximum atomic E-state index is 5.39. The lowest BCUT2D eigenvalue weighted by molar-refractivity contribution is 0.494. The second kappa shape index (κ2) is 6.95. The van der Waals surface area contributed by atoms with Crippen molar-refractivity contribution in [3.63, 3.8) is 0 Å². The molecule has 0 aromatic rings. The first-order chi connectivity index (χ1) is 5.22. The molecule has 0 saturated heterocycles. The van der Waals surface area contributed by atoms with Crippen molar-refractivity contribution in [1.82, 2.24) is 5.32 Å². The molecule has 0 heterocycles. The van der Waals surface area contributed by atoms with Crippen molar-refractivity contribution in [3.05, 3.63) is 0 Å². The normalized spacial score (nSPS) is 16.4. The highest BCUT2D eigenvalue weighted by Gasteiger charge is 2.09. The van der Waals surface area contributed by atoms with Gasteiger partial charge in [-0.2, -0.15) is 12.6 Å². The zero-order valence-corrected chi connectivity index (χ0v) is 8.40. The first kappa shape index (κ1) is 11.3. The van der Waals surface area contributed by atoms with Gasteiger partial charge in [-0.05, 0) is 26.4 Å². The number of nitrogens with two attached hydrogens (primary N) is 1. The van der Waals surface area contributed by atoms with Crippen molar-refractivity contribution in [3.8, 4) is 0 Å². The first-order valence-corrected chi connectivity index (χ1v) is 4.79. The van der Waals surface area contributed by atoms with Crippen LogP contribution in [0.5, 0.6) is 0 Å². The van der Waals surface area contributed by atoms with Gasteiger partial charge in [0.2, 0.25) is 0 Å². The van der Waals surface area contributed by atoms with Crippen molar-refractivity contribution in [2.75, 3.05) is 13.6 Å². The van der Waals surface area contributed by atoms with E-state index in [4.69, 9.17) is 5.73 Å². The van der Waals surface area contributed by atoms with E-state index < -0.39 is 0 Å². The van der Waals surface area contributed by atoms with Gasteiger partial charge in [0.25, 0.3) is 0 Å². The second-order valence-corrected chi connectivity index (χ2v) is 3.73. The number of unbranched alkanes of at least 4 members (excludes halogenated alkanes) is 1. The first-order valence-electron chi connectivity index (χ1n) is 4.27. The third kappa shape index (κ3) is 5.53. The van der Waals surface area contributed by atoms with Crippen LogP contribution in [0.1, 0.15) is 26.2 Å². The average molecular weight is 176 g/mol. The van der Waals surface area contributed by atoms with Gasteiger partial charge in [-0.15, -0.1) is 0 Å². The molecular formula is C8H20N2S. The van der Waals surface area contributed by atoms with Crippen LogP contribution in [0.4, 0.5) is 0 Å². The zero-order chi connectivity index (χ0) is 8.69. The lowest BCUT2D eigenvalue weighted by atomic mass is 10.1. The van der Waals surface area contributed by atoms with Crippen LogP contribution in [0.3, 0.4) is 0 Å². The van der Waals surface area contributed by atoms with E-state index in [1.165, 1.54) is 12.8 Å². The van der Waals surface area contributed by atoms with E-state index in [2.05, 4.69) is 24.9 Å². The summed E-state index contributed by atoms with van der Waals surface area (Å²) < 4.78 is 0. The fourth-order valence-corrected chi connectivity index (χ4v) is 1.43. The third-order valence-electron chi connectivity index (χ3n) is 1.92. The van der Waals surface area contributed by atoms with Crippen molar-refractivity contribution >= 4 is 12.6 Å². The summed E-state index contributed by atoms with van der Waals surface area (Å²) >= 11 is 4.38. The predicted molar refractivity (Wildman–Crippen MR) is 54.2 cm³/mol. The maximum absolute atomic E-state index is 5.39. The molecule has 11 heavy (non-hydrogen) atoms. The number of hydrogen-bond acceptors (Lipinski definition) is 3. The molecule has 0 rings (SSSR count). The molecule has 2 atom stereocenters. The molecule has 0 aromatic carbocycles. The smallest absolute Gasteiger partial charge is 0.0178 e. The molecule has 3 heteroatoms. The van der Waals surface area contributed by atoms with Crippen molar-refractivity contribution in [2.24, 2.45) is 5.73 Å². The Morgan fingerprint density at radius 1 is 1.45 bits per heavy atom. The van der Waals surface area contributed by atoms with Crippen LogP contribution in [0.25, 0.3) is 0 Å². The Morgan fingerprint density at radius 2 is 2.09 bits per heavy atom. The van der Waals surface area contributed by atoms with Crippen LogP contribution in [-0.2, 0) is 0 Å². The molecule has 0 bridgehead atoms. The lowest BCUT2D eigenvalue weighted by Crippen LogP contribution is -2.32. The lowest BCUT2D eigenvalue weighted by Gasteiger charge is -2.18. The Hall–Kier alpha value is 0.270. The summed E-state index contributed by atoms with van der Waals surface area (Å²) in [4.78, 5) is 0. The zero-order valence-electron chi connectivity index (χ0n) is 7.51. The van der Waals surface area contributed by atoms with E-state index in [-0.39, 0.29) is 0 Å². The van der Waals surface area contributed by atoms with Crippen LogP contribution < -0.4 is 11.1 Å². The Bertz CT molecular complexity index is 86.2. The minimum Gasteiger partial charge on any atom is -0.330 e. The molecule has 2 nitrogen and oxygen atoms in total. The van der Waals surface area contributed by atoms with Crippen LogP contribution in [0, 0.1) is 0 Å². The minimum atomic E-state index is 0.428. The van der Waals surface area contributed by atoms with E-state index >= 15 is 0 Å². The second-order valence-electron chi connectivity index (χ2n) is 2.92. The van der Waals surface area contributed by atoms with Gasteiger partial charge in [0, 0.05) is 11.3 Å². The van der Waals surface area contributed by atoms with E-state index in [1.807, 2.05) is 7.05 Å². The molecule has 0 aliphatic rings. The van der Waals surface area contributed by atoms with Gasteiger partial charge >= 0.3 is 0 Å². The molecule has 0 aromatic heterocycles. The van der Waals surface area contributed by atoms with Crippen LogP contribution in [0.2, 0.25) is 0 Å². The monoisotopic (exact) mass is 176 g/mol. The molecule has 0 spiro atoms. The molecular weight excluding hydrogens is 156 g/mol. The van der Waals surface area contributed by atoms with Gasteiger partial charge in [-0.1, -0.05) is 13.3 Å². The highest BCUT2D eigenvalue weighted by Crippen LogP contribution is 2.08. The molecule has 3 N–H and O–H groups in total. The van der Waals surface area contributed by atoms with E-state index in [0.29, 0.717) is 11.3 Å². The van der Waals surface area contributed by atoms with Gasteiger partial charge < -0.3 is 11.1 Å². The van der Waals surface area contributed by atoms with Gasteiger partial charge in [0.05, 0.1) is 0 Å². The average Bonchev–Trinajstić information content (AvgIpc) is 1.97. The molecule has 1 unspecified atom stereocenters. The highest BCUT2D eigenvalue weighted by molar-refractivity contribution is 7.81. The Kier molecular flexibility index (Phi) is 7.12. The fraction of sp³-hybridized carbons (Fsp3) is 1.00. The van der Waals surface area contributed by atoms with E-state index in [0.717, 1.165) is 13.0 Å². The van der Waals surface area contributed by atoms with Gasteiger partial charge in [0.15, 0.2) is 0 Å². The van der Waals surface area contributed by atoms with Crippen molar-refractivity contribution in [1.29, 1.82) is 0 Å². The quantitative estimate of drug-likeness (QED) is 0.417. The molecule has 0 aliphatic carbocycles. The topological polar surface area (TPSA) is 38.0 Å². The Labute approximate surface area is 75.3 Å². The molecule has 0 saturated carbocycles. The van der Waals surface area contributed by atoms with Crippen molar-refractivity contribution < 1.29 is 0 Å². The van der Waals surface area contributed by atoms with Gasteiger partial charge in [-0.25, -0.2) is 0 Å². The predicted octanol–water partition coefficient (Wildman–Crippen LogP) is 1.02. The van der Waals surface area contributed by atoms with Crippen LogP contribution in [-0.4, -0.2) is 24.9 Å². The summed E-state index contributed by atoms with van der Waals surface area (Å²) in [6.45, 7) is 2.92. The molecule has 0 amide bonds. The minimum absolute atomic E-state index is 0.428. The molecule has 0 fully saturated rings. The molecule has 68 valence electrons. The largest absolute Gasteiger partial charge is 0.330 e. The summed E-state index contributed by atoms with van der Waals surface area (Å²) in [5.74, 6) is 0. The number of nitrogens with one attached hydrogen (secondary N) is 1. The molecule has 0 aliphatic heterocycles. The highest BCUT2D eigenvalue weighted by atomic mass is 32.1. The summed E-state index contributed by atoms with van der Waals surface area (Å²) in [5.41, 5.74) is 5.39. The number of thiol groups is 1. The van der Waals surface area contributed by atoms with Crippen LogP contribution in [0.15, 0.2) is 0 Å². The molecule has 0 radical (unpaired) electrons. The maximum Gasteiger partial charge on any atom is 0.0178 e. The standard InChI is InChI=1S/C8H20N2S/c1-7(11)8(10-2)5-3-4-6-9/h7-8,10-11H,3-6,9H2,1-2H3/t7?,8-/m0/s1. The van der Waals surface area contributed by atoms with Crippen LogP contribution >= 0.6 is 12.6 Å². The van der Waals surface area contributed by atoms with E-state index in [1.54, 1.807) is 0 Å². The summed E-state index contributed by atoms with van der Waals surface area (Å²) in [6, 6.07) is 0.532. The summed E-state index contributed by atoms with van der Waals surface area (Å²) in [6.07, 6.45) is 3.50. The third-order valence-corrected chi connectivity index (χ3v) is 2.28. The Morgan fingerprint density at radius 3 is 2.45 bits per heavy atom. The number of hydrogen-bond donors (Lipinski definition) is 3. The number of rotatable bonds is 6. The van der Waals surface area contributed by atoms with Gasteiger partial charge in [-0.3, -0.25) is 0 Å². The summed E-state index contributed by atoms with van der Waals surface area (Å²) in [5, 5.41) is 3.67.